The number of rotatable bonds is 5. The highest BCUT2D eigenvalue weighted by atomic mass is 15.2. The second-order valence-electron chi connectivity index (χ2n) is 6.86. The summed E-state index contributed by atoms with van der Waals surface area (Å²) in [7, 11) is 0. The zero-order valence-electron chi connectivity index (χ0n) is 14.4. The van der Waals surface area contributed by atoms with Crippen LogP contribution in [0.15, 0.2) is 18.2 Å². The standard InChI is InChI=1S/C19H32N2/c1-6-20-19(18-11-14(2)10-15(3)12-18)13-21-16(4)8-7-9-17(21)5/h10-12,16-17,19-20H,6-9,13H2,1-5H3. The molecule has 0 aromatic heterocycles. The Kier molecular flexibility index (Phi) is 5.83. The SMILES string of the molecule is CCNC(CN1C(C)CCCC1C)c1cc(C)cc(C)c1. The van der Waals surface area contributed by atoms with Crippen LogP contribution < -0.4 is 5.32 Å². The molecule has 3 atom stereocenters. The largest absolute Gasteiger partial charge is 0.309 e. The molecule has 0 saturated carbocycles. The average molecular weight is 288 g/mol. The third kappa shape index (κ3) is 4.31. The van der Waals surface area contributed by atoms with Gasteiger partial charge < -0.3 is 5.32 Å². The number of aryl methyl sites for hydroxylation is 2. The highest BCUT2D eigenvalue weighted by Crippen LogP contribution is 2.26. The van der Waals surface area contributed by atoms with Gasteiger partial charge in [-0.15, -0.1) is 0 Å². The normalized spacial score (nSPS) is 25.0. The maximum absolute atomic E-state index is 3.70. The summed E-state index contributed by atoms with van der Waals surface area (Å²) in [6.07, 6.45) is 4.07. The average Bonchev–Trinajstić information content (AvgIpc) is 2.40. The highest BCUT2D eigenvalue weighted by Gasteiger charge is 2.27. The van der Waals surface area contributed by atoms with Crippen molar-refractivity contribution in [1.29, 1.82) is 0 Å². The van der Waals surface area contributed by atoms with Crippen molar-refractivity contribution in [3.05, 3.63) is 34.9 Å². The molecule has 1 aromatic rings. The Morgan fingerprint density at radius 1 is 1.10 bits per heavy atom. The van der Waals surface area contributed by atoms with E-state index >= 15 is 0 Å². The van der Waals surface area contributed by atoms with Crippen molar-refractivity contribution in [3.63, 3.8) is 0 Å². The van der Waals surface area contributed by atoms with E-state index in [1.54, 1.807) is 0 Å². The molecule has 0 radical (unpaired) electrons. The minimum atomic E-state index is 0.441. The number of hydrogen-bond acceptors (Lipinski definition) is 2. The van der Waals surface area contributed by atoms with Crippen molar-refractivity contribution in [2.24, 2.45) is 0 Å². The predicted molar refractivity (Wildman–Crippen MR) is 91.8 cm³/mol. The number of nitrogens with one attached hydrogen (secondary N) is 1. The maximum Gasteiger partial charge on any atom is 0.0449 e. The fraction of sp³-hybridized carbons (Fsp3) is 0.684. The molecule has 1 saturated heterocycles. The Labute approximate surface area is 130 Å². The minimum Gasteiger partial charge on any atom is -0.309 e. The lowest BCUT2D eigenvalue weighted by molar-refractivity contribution is 0.0911. The van der Waals surface area contributed by atoms with Gasteiger partial charge in [0, 0.05) is 24.7 Å². The monoisotopic (exact) mass is 288 g/mol. The van der Waals surface area contributed by atoms with Crippen LogP contribution in [0.3, 0.4) is 0 Å². The van der Waals surface area contributed by atoms with Gasteiger partial charge in [-0.25, -0.2) is 0 Å². The molecule has 1 aliphatic rings. The zero-order valence-corrected chi connectivity index (χ0v) is 14.4. The summed E-state index contributed by atoms with van der Waals surface area (Å²) < 4.78 is 0. The lowest BCUT2D eigenvalue weighted by atomic mass is 9.94. The Morgan fingerprint density at radius 2 is 1.67 bits per heavy atom. The van der Waals surface area contributed by atoms with Gasteiger partial charge in [0.05, 0.1) is 0 Å². The predicted octanol–water partition coefficient (Wildman–Crippen LogP) is 4.22. The van der Waals surface area contributed by atoms with Crippen LogP contribution in [-0.2, 0) is 0 Å². The molecule has 1 aliphatic heterocycles. The van der Waals surface area contributed by atoms with Gasteiger partial charge in [0.2, 0.25) is 0 Å². The molecule has 21 heavy (non-hydrogen) atoms. The molecule has 1 N–H and O–H groups in total. The number of likely N-dealkylation sites (tertiary alicyclic amines) is 1. The van der Waals surface area contributed by atoms with Crippen LogP contribution in [0.5, 0.6) is 0 Å². The van der Waals surface area contributed by atoms with Crippen molar-refractivity contribution >= 4 is 0 Å². The lowest BCUT2D eigenvalue weighted by Crippen LogP contribution is -2.47. The molecule has 1 fully saturated rings. The van der Waals surface area contributed by atoms with E-state index in [0.717, 1.165) is 13.1 Å². The van der Waals surface area contributed by atoms with E-state index in [-0.39, 0.29) is 0 Å². The summed E-state index contributed by atoms with van der Waals surface area (Å²) in [6, 6.07) is 8.82. The number of hydrogen-bond donors (Lipinski definition) is 1. The molecule has 2 rings (SSSR count). The smallest absolute Gasteiger partial charge is 0.0449 e. The summed E-state index contributed by atoms with van der Waals surface area (Å²) in [5.41, 5.74) is 4.18. The Bertz CT molecular complexity index is 425. The van der Waals surface area contributed by atoms with Crippen LogP contribution >= 0.6 is 0 Å². The highest BCUT2D eigenvalue weighted by molar-refractivity contribution is 5.31. The van der Waals surface area contributed by atoms with Crippen molar-refractivity contribution in [3.8, 4) is 0 Å². The molecule has 1 heterocycles. The Hall–Kier alpha value is -0.860. The van der Waals surface area contributed by atoms with E-state index in [1.807, 2.05) is 0 Å². The summed E-state index contributed by atoms with van der Waals surface area (Å²) >= 11 is 0. The van der Waals surface area contributed by atoms with Crippen LogP contribution in [0.2, 0.25) is 0 Å². The first kappa shape index (κ1) is 16.5. The molecule has 0 spiro atoms. The van der Waals surface area contributed by atoms with Crippen LogP contribution in [0.4, 0.5) is 0 Å². The van der Waals surface area contributed by atoms with Gasteiger partial charge in [-0.1, -0.05) is 42.7 Å². The number of nitrogens with zero attached hydrogens (tertiary/aromatic N) is 1. The van der Waals surface area contributed by atoms with E-state index in [4.69, 9.17) is 0 Å². The third-order valence-electron chi connectivity index (χ3n) is 4.87. The van der Waals surface area contributed by atoms with E-state index in [9.17, 15) is 0 Å². The first-order chi connectivity index (χ1) is 10.0. The van der Waals surface area contributed by atoms with Crippen LogP contribution in [0.1, 0.15) is 62.8 Å². The minimum absolute atomic E-state index is 0.441. The summed E-state index contributed by atoms with van der Waals surface area (Å²) in [5.74, 6) is 0. The summed E-state index contributed by atoms with van der Waals surface area (Å²) in [4.78, 5) is 2.70. The molecule has 118 valence electrons. The topological polar surface area (TPSA) is 15.3 Å². The molecule has 0 bridgehead atoms. The van der Waals surface area contributed by atoms with Gasteiger partial charge in [-0.3, -0.25) is 4.90 Å². The lowest BCUT2D eigenvalue weighted by Gasteiger charge is -2.41. The summed E-state index contributed by atoms with van der Waals surface area (Å²) in [5, 5.41) is 3.70. The molecule has 0 amide bonds. The second-order valence-corrected chi connectivity index (χ2v) is 6.86. The molecule has 2 heteroatoms. The van der Waals surface area contributed by atoms with Crippen molar-refractivity contribution < 1.29 is 0 Å². The van der Waals surface area contributed by atoms with Crippen molar-refractivity contribution in [1.82, 2.24) is 10.2 Å². The summed E-state index contributed by atoms with van der Waals surface area (Å²) in [6.45, 7) is 13.5. The van der Waals surface area contributed by atoms with Crippen LogP contribution in [-0.4, -0.2) is 30.1 Å². The quantitative estimate of drug-likeness (QED) is 0.873. The van der Waals surface area contributed by atoms with Gasteiger partial charge in [0.25, 0.3) is 0 Å². The molecular formula is C19H32N2. The van der Waals surface area contributed by atoms with Gasteiger partial charge in [-0.05, 0) is 52.6 Å². The van der Waals surface area contributed by atoms with E-state index in [1.165, 1.54) is 36.0 Å². The molecule has 2 nitrogen and oxygen atoms in total. The maximum atomic E-state index is 3.70. The van der Waals surface area contributed by atoms with Crippen LogP contribution in [0, 0.1) is 13.8 Å². The fourth-order valence-electron chi connectivity index (χ4n) is 3.79. The second kappa shape index (κ2) is 7.42. The van der Waals surface area contributed by atoms with Gasteiger partial charge >= 0.3 is 0 Å². The number of benzene rings is 1. The molecule has 0 aliphatic carbocycles. The molecule has 3 unspecified atom stereocenters. The van der Waals surface area contributed by atoms with E-state index in [0.29, 0.717) is 18.1 Å². The zero-order chi connectivity index (χ0) is 15.4. The molecule has 1 aromatic carbocycles. The Morgan fingerprint density at radius 3 is 2.19 bits per heavy atom. The molecular weight excluding hydrogens is 256 g/mol. The van der Waals surface area contributed by atoms with Crippen molar-refractivity contribution in [2.75, 3.05) is 13.1 Å². The van der Waals surface area contributed by atoms with Gasteiger partial charge in [-0.2, -0.15) is 0 Å². The number of piperidine rings is 1. The van der Waals surface area contributed by atoms with Crippen LogP contribution in [0.25, 0.3) is 0 Å². The number of likely N-dealkylation sites (N-methyl/N-ethyl adjacent to an activating group) is 1. The van der Waals surface area contributed by atoms with E-state index < -0.39 is 0 Å². The first-order valence-electron chi connectivity index (χ1n) is 8.58. The van der Waals surface area contributed by atoms with Gasteiger partial charge in [0.15, 0.2) is 0 Å². The Balaban J connectivity index is 2.18. The van der Waals surface area contributed by atoms with Crippen molar-refractivity contribution in [2.45, 2.75) is 72.0 Å². The fourth-order valence-corrected chi connectivity index (χ4v) is 3.79. The first-order valence-corrected chi connectivity index (χ1v) is 8.58. The third-order valence-corrected chi connectivity index (χ3v) is 4.87. The van der Waals surface area contributed by atoms with E-state index in [2.05, 4.69) is 63.0 Å². The van der Waals surface area contributed by atoms with Gasteiger partial charge in [0.1, 0.15) is 0 Å².